The zero-order valence-corrected chi connectivity index (χ0v) is 12.3. The molecule has 118 valence electrons. The van der Waals surface area contributed by atoms with Crippen LogP contribution in [0.3, 0.4) is 0 Å². The van der Waals surface area contributed by atoms with Crippen molar-refractivity contribution in [1.29, 1.82) is 0 Å². The molecule has 0 bridgehead atoms. The van der Waals surface area contributed by atoms with Crippen molar-refractivity contribution in [3.8, 4) is 5.75 Å². The monoisotopic (exact) mass is 315 g/mol. The summed E-state index contributed by atoms with van der Waals surface area (Å²) < 4.78 is 18.4. The van der Waals surface area contributed by atoms with E-state index in [0.717, 1.165) is 0 Å². The predicted molar refractivity (Wildman–Crippen MR) is 84.2 cm³/mol. The molecule has 1 amide bonds. The first-order chi connectivity index (χ1) is 11.0. The highest BCUT2D eigenvalue weighted by Crippen LogP contribution is 2.19. The van der Waals surface area contributed by atoms with Crippen LogP contribution in [0.2, 0.25) is 0 Å². The third-order valence-electron chi connectivity index (χ3n) is 3.38. The second kappa shape index (κ2) is 5.96. The molecule has 3 aromatic rings. The maximum Gasteiger partial charge on any atom is 0.323 e. The van der Waals surface area contributed by atoms with Crippen molar-refractivity contribution < 1.29 is 13.9 Å². The van der Waals surface area contributed by atoms with Crippen LogP contribution in [0.1, 0.15) is 5.56 Å². The molecule has 0 spiro atoms. The van der Waals surface area contributed by atoms with Crippen LogP contribution in [0, 0.1) is 5.82 Å². The SMILES string of the molecule is COc1ccc(CC(=O)Nc2ccc3[nH]c(=O)[nH]c3c2)cc1F. The van der Waals surface area contributed by atoms with Gasteiger partial charge in [-0.05, 0) is 35.9 Å². The summed E-state index contributed by atoms with van der Waals surface area (Å²) in [6, 6.07) is 9.41. The van der Waals surface area contributed by atoms with E-state index < -0.39 is 5.82 Å². The second-order valence-corrected chi connectivity index (χ2v) is 5.03. The number of imidazole rings is 1. The average Bonchev–Trinajstić information content (AvgIpc) is 2.86. The number of amides is 1. The first-order valence-electron chi connectivity index (χ1n) is 6.89. The van der Waals surface area contributed by atoms with Crippen molar-refractivity contribution in [2.75, 3.05) is 12.4 Å². The topological polar surface area (TPSA) is 87.0 Å². The molecule has 0 unspecified atom stereocenters. The summed E-state index contributed by atoms with van der Waals surface area (Å²) in [5.74, 6) is -0.660. The molecular weight excluding hydrogens is 301 g/mol. The van der Waals surface area contributed by atoms with Gasteiger partial charge in [0.25, 0.3) is 0 Å². The summed E-state index contributed by atoms with van der Waals surface area (Å²) in [5, 5.41) is 2.71. The van der Waals surface area contributed by atoms with Gasteiger partial charge >= 0.3 is 5.69 Å². The largest absolute Gasteiger partial charge is 0.494 e. The molecule has 23 heavy (non-hydrogen) atoms. The van der Waals surface area contributed by atoms with Crippen molar-refractivity contribution in [1.82, 2.24) is 9.97 Å². The van der Waals surface area contributed by atoms with Gasteiger partial charge in [0.15, 0.2) is 11.6 Å². The predicted octanol–water partition coefficient (Wildman–Crippen LogP) is 2.19. The molecule has 0 aliphatic heterocycles. The molecule has 0 saturated carbocycles. The Labute approximate surface area is 130 Å². The van der Waals surface area contributed by atoms with Crippen molar-refractivity contribution in [2.45, 2.75) is 6.42 Å². The summed E-state index contributed by atoms with van der Waals surface area (Å²) >= 11 is 0. The summed E-state index contributed by atoms with van der Waals surface area (Å²) in [7, 11) is 1.38. The van der Waals surface area contributed by atoms with Gasteiger partial charge in [-0.15, -0.1) is 0 Å². The van der Waals surface area contributed by atoms with E-state index in [1.165, 1.54) is 19.2 Å². The van der Waals surface area contributed by atoms with Gasteiger partial charge in [-0.3, -0.25) is 4.79 Å². The number of anilines is 1. The van der Waals surface area contributed by atoms with Gasteiger partial charge in [0.1, 0.15) is 0 Å². The minimum atomic E-state index is -0.510. The Morgan fingerprint density at radius 2 is 1.96 bits per heavy atom. The lowest BCUT2D eigenvalue weighted by molar-refractivity contribution is -0.115. The summed E-state index contributed by atoms with van der Waals surface area (Å²) in [6.07, 6.45) is 0.0304. The minimum Gasteiger partial charge on any atom is -0.494 e. The van der Waals surface area contributed by atoms with Crippen molar-refractivity contribution >= 4 is 22.6 Å². The molecule has 0 fully saturated rings. The smallest absolute Gasteiger partial charge is 0.323 e. The number of methoxy groups -OCH3 is 1. The molecule has 2 aromatic carbocycles. The highest BCUT2D eigenvalue weighted by Gasteiger charge is 2.09. The fourth-order valence-corrected chi connectivity index (χ4v) is 2.32. The molecule has 6 nitrogen and oxygen atoms in total. The van der Waals surface area contributed by atoms with Crippen molar-refractivity contribution in [2.24, 2.45) is 0 Å². The number of nitrogens with one attached hydrogen (secondary N) is 3. The normalized spacial score (nSPS) is 10.7. The van der Waals surface area contributed by atoms with Gasteiger partial charge in [0, 0.05) is 5.69 Å². The van der Waals surface area contributed by atoms with Gasteiger partial charge in [-0.2, -0.15) is 0 Å². The standard InChI is InChI=1S/C16H14FN3O3/c1-23-14-5-2-9(6-11(14)17)7-15(21)18-10-3-4-12-13(8-10)20-16(22)19-12/h2-6,8H,7H2,1H3,(H,18,21)(H2,19,20,22). The Balaban J connectivity index is 1.72. The number of fused-ring (bicyclic) bond motifs is 1. The zero-order chi connectivity index (χ0) is 16.4. The third-order valence-corrected chi connectivity index (χ3v) is 3.38. The van der Waals surface area contributed by atoms with E-state index in [1.54, 1.807) is 24.3 Å². The number of rotatable bonds is 4. The zero-order valence-electron chi connectivity index (χ0n) is 12.3. The Hall–Kier alpha value is -3.09. The van der Waals surface area contributed by atoms with Crippen LogP contribution in [0.25, 0.3) is 11.0 Å². The van der Waals surface area contributed by atoms with Crippen molar-refractivity contribution in [3.05, 3.63) is 58.3 Å². The molecular formula is C16H14FN3O3. The van der Waals surface area contributed by atoms with Crippen LogP contribution in [0.15, 0.2) is 41.2 Å². The van der Waals surface area contributed by atoms with Gasteiger partial charge < -0.3 is 20.0 Å². The van der Waals surface area contributed by atoms with Crippen LogP contribution in [0.5, 0.6) is 5.75 Å². The molecule has 0 radical (unpaired) electrons. The number of carbonyl (C=O) groups excluding carboxylic acids is 1. The Kier molecular flexibility index (Phi) is 3.84. The second-order valence-electron chi connectivity index (χ2n) is 5.03. The molecule has 0 aliphatic carbocycles. The van der Waals surface area contributed by atoms with E-state index >= 15 is 0 Å². The Morgan fingerprint density at radius 3 is 2.70 bits per heavy atom. The molecule has 1 aromatic heterocycles. The number of aromatic nitrogens is 2. The number of benzene rings is 2. The van der Waals surface area contributed by atoms with Gasteiger partial charge in [0.2, 0.25) is 5.91 Å². The van der Waals surface area contributed by atoms with E-state index in [9.17, 15) is 14.0 Å². The Morgan fingerprint density at radius 1 is 1.17 bits per heavy atom. The number of hydrogen-bond acceptors (Lipinski definition) is 3. The fraction of sp³-hybridized carbons (Fsp3) is 0.125. The van der Waals surface area contributed by atoms with Crippen LogP contribution in [-0.4, -0.2) is 23.0 Å². The highest BCUT2D eigenvalue weighted by atomic mass is 19.1. The lowest BCUT2D eigenvalue weighted by atomic mass is 10.1. The first kappa shape index (κ1) is 14.8. The minimum absolute atomic E-state index is 0.0304. The molecule has 0 aliphatic rings. The van der Waals surface area contributed by atoms with E-state index in [4.69, 9.17) is 4.74 Å². The maximum absolute atomic E-state index is 13.6. The number of hydrogen-bond donors (Lipinski definition) is 3. The quantitative estimate of drug-likeness (QED) is 0.689. The number of ether oxygens (including phenoxy) is 1. The summed E-state index contributed by atoms with van der Waals surface area (Å²) in [4.78, 5) is 28.5. The average molecular weight is 315 g/mol. The lowest BCUT2D eigenvalue weighted by Gasteiger charge is -2.07. The molecule has 3 N–H and O–H groups in total. The summed E-state index contributed by atoms with van der Waals surface area (Å²) in [6.45, 7) is 0. The number of carbonyl (C=O) groups is 1. The molecule has 0 atom stereocenters. The lowest BCUT2D eigenvalue weighted by Crippen LogP contribution is -2.14. The van der Waals surface area contributed by atoms with Crippen LogP contribution >= 0.6 is 0 Å². The number of halogens is 1. The van der Waals surface area contributed by atoms with E-state index in [-0.39, 0.29) is 23.8 Å². The molecule has 3 rings (SSSR count). The van der Waals surface area contributed by atoms with Crippen LogP contribution < -0.4 is 15.7 Å². The van der Waals surface area contributed by atoms with E-state index in [0.29, 0.717) is 22.3 Å². The molecule has 1 heterocycles. The van der Waals surface area contributed by atoms with E-state index in [1.807, 2.05) is 0 Å². The molecule has 7 heteroatoms. The van der Waals surface area contributed by atoms with Crippen molar-refractivity contribution in [3.63, 3.8) is 0 Å². The number of aromatic amines is 2. The van der Waals surface area contributed by atoms with Gasteiger partial charge in [0.05, 0.1) is 24.6 Å². The van der Waals surface area contributed by atoms with E-state index in [2.05, 4.69) is 15.3 Å². The molecule has 0 saturated heterocycles. The highest BCUT2D eigenvalue weighted by molar-refractivity contribution is 5.94. The number of H-pyrrole nitrogens is 2. The van der Waals surface area contributed by atoms with Crippen LogP contribution in [-0.2, 0) is 11.2 Å². The van der Waals surface area contributed by atoms with Gasteiger partial charge in [-0.25, -0.2) is 9.18 Å². The first-order valence-corrected chi connectivity index (χ1v) is 6.89. The fourth-order valence-electron chi connectivity index (χ4n) is 2.32. The van der Waals surface area contributed by atoms with Gasteiger partial charge in [-0.1, -0.05) is 6.07 Å². The van der Waals surface area contributed by atoms with Crippen LogP contribution in [0.4, 0.5) is 10.1 Å². The summed E-state index contributed by atoms with van der Waals surface area (Å²) in [5.41, 5.74) is 2.04. The maximum atomic E-state index is 13.6. The Bertz CT molecular complexity index is 930. The third kappa shape index (κ3) is 3.23.